The fourth-order valence-electron chi connectivity index (χ4n) is 2.73. The van der Waals surface area contributed by atoms with Gasteiger partial charge in [0.2, 0.25) is 5.91 Å². The van der Waals surface area contributed by atoms with Crippen molar-refractivity contribution < 1.29 is 14.3 Å². The topological polar surface area (TPSA) is 64.8 Å². The molecule has 104 valence electrons. The lowest BCUT2D eigenvalue weighted by atomic mass is 9.99. The maximum Gasteiger partial charge on any atom is 0.224 e. The summed E-state index contributed by atoms with van der Waals surface area (Å²) in [6.45, 7) is 2.59. The van der Waals surface area contributed by atoms with Gasteiger partial charge < -0.3 is 20.1 Å². The number of methoxy groups -OCH3 is 2. The van der Waals surface area contributed by atoms with Crippen LogP contribution in [0.5, 0.6) is 11.5 Å². The highest BCUT2D eigenvalue weighted by Crippen LogP contribution is 2.41. The Hall–Kier alpha value is -1.75. The first kappa shape index (κ1) is 13.7. The van der Waals surface area contributed by atoms with Gasteiger partial charge in [-0.2, -0.15) is 0 Å². The van der Waals surface area contributed by atoms with E-state index >= 15 is 0 Å². The summed E-state index contributed by atoms with van der Waals surface area (Å²) >= 11 is 0. The molecule has 0 spiro atoms. The molecule has 1 fully saturated rings. The van der Waals surface area contributed by atoms with Crippen LogP contribution in [0.3, 0.4) is 0 Å². The molecule has 2 atom stereocenters. The van der Waals surface area contributed by atoms with E-state index in [-0.39, 0.29) is 18.0 Å². The summed E-state index contributed by atoms with van der Waals surface area (Å²) < 4.78 is 10.7. The molecule has 1 aliphatic heterocycles. The van der Waals surface area contributed by atoms with Crippen LogP contribution in [0.25, 0.3) is 0 Å². The van der Waals surface area contributed by atoms with Crippen molar-refractivity contribution in [3.63, 3.8) is 0 Å². The number of para-hydroxylation sites is 1. The first-order chi connectivity index (χ1) is 9.13. The van der Waals surface area contributed by atoms with Crippen LogP contribution in [0.2, 0.25) is 0 Å². The Labute approximate surface area is 113 Å². The largest absolute Gasteiger partial charge is 0.493 e. The minimum absolute atomic E-state index is 0.0878. The number of amides is 1. The predicted octanol–water partition coefficient (Wildman–Crippen LogP) is 1.32. The smallest absolute Gasteiger partial charge is 0.224 e. The van der Waals surface area contributed by atoms with Crippen LogP contribution in [0.15, 0.2) is 18.2 Å². The molecule has 1 heterocycles. The fourth-order valence-corrected chi connectivity index (χ4v) is 2.73. The van der Waals surface area contributed by atoms with Crippen molar-refractivity contribution in [3.8, 4) is 11.5 Å². The predicted molar refractivity (Wildman–Crippen MR) is 72.3 cm³/mol. The first-order valence-corrected chi connectivity index (χ1v) is 6.40. The summed E-state index contributed by atoms with van der Waals surface area (Å²) in [5.74, 6) is 1.39. The molecule has 2 rings (SSSR count). The van der Waals surface area contributed by atoms with Gasteiger partial charge in [-0.25, -0.2) is 0 Å². The Bertz CT molecular complexity index is 476. The van der Waals surface area contributed by atoms with Crippen LogP contribution in [0.1, 0.15) is 24.9 Å². The van der Waals surface area contributed by atoms with Crippen molar-refractivity contribution in [2.45, 2.75) is 25.4 Å². The summed E-state index contributed by atoms with van der Waals surface area (Å²) in [4.78, 5) is 13.7. The third-order valence-electron chi connectivity index (χ3n) is 3.56. The molecule has 5 heteroatoms. The number of carbonyl (C=O) groups excluding carboxylic acids is 1. The molecule has 1 aliphatic rings. The Morgan fingerprint density at radius 3 is 2.68 bits per heavy atom. The average molecular weight is 264 g/mol. The maximum atomic E-state index is 11.9. The van der Waals surface area contributed by atoms with E-state index in [2.05, 4.69) is 0 Å². The molecule has 5 nitrogen and oxygen atoms in total. The van der Waals surface area contributed by atoms with E-state index in [0.29, 0.717) is 24.5 Å². The zero-order valence-corrected chi connectivity index (χ0v) is 11.6. The van der Waals surface area contributed by atoms with E-state index in [0.717, 1.165) is 5.56 Å². The summed E-state index contributed by atoms with van der Waals surface area (Å²) in [6.07, 6.45) is 0.374. The number of likely N-dealkylation sites (tertiary alicyclic amines) is 1. The highest BCUT2D eigenvalue weighted by atomic mass is 16.5. The van der Waals surface area contributed by atoms with Crippen LogP contribution >= 0.6 is 0 Å². The minimum atomic E-state index is -0.214. The zero-order valence-electron chi connectivity index (χ0n) is 11.6. The third-order valence-corrected chi connectivity index (χ3v) is 3.56. The lowest BCUT2D eigenvalue weighted by Gasteiger charge is -2.27. The van der Waals surface area contributed by atoms with Gasteiger partial charge in [0.05, 0.1) is 20.3 Å². The molecule has 1 amide bonds. The van der Waals surface area contributed by atoms with E-state index in [1.807, 2.05) is 25.1 Å². The molecule has 0 radical (unpaired) electrons. The SMILES string of the molecule is CCN1C(=O)CC(N)C1c1cccc(OC)c1OC. The van der Waals surface area contributed by atoms with Gasteiger partial charge in [-0.3, -0.25) is 4.79 Å². The average Bonchev–Trinajstić information content (AvgIpc) is 2.71. The molecule has 19 heavy (non-hydrogen) atoms. The first-order valence-electron chi connectivity index (χ1n) is 6.40. The molecule has 1 saturated heterocycles. The van der Waals surface area contributed by atoms with E-state index in [9.17, 15) is 4.79 Å². The van der Waals surface area contributed by atoms with Gasteiger partial charge >= 0.3 is 0 Å². The number of rotatable bonds is 4. The number of nitrogens with zero attached hydrogens (tertiary/aromatic N) is 1. The number of carbonyl (C=O) groups is 1. The van der Waals surface area contributed by atoms with Crippen LogP contribution < -0.4 is 15.2 Å². The van der Waals surface area contributed by atoms with E-state index in [4.69, 9.17) is 15.2 Å². The molecular formula is C14H20N2O3. The summed E-state index contributed by atoms with van der Waals surface area (Å²) in [5.41, 5.74) is 7.03. The second-order valence-corrected chi connectivity index (χ2v) is 4.58. The van der Waals surface area contributed by atoms with Crippen molar-refractivity contribution in [3.05, 3.63) is 23.8 Å². The number of hydrogen-bond donors (Lipinski definition) is 1. The molecule has 2 N–H and O–H groups in total. The highest BCUT2D eigenvalue weighted by Gasteiger charge is 2.39. The van der Waals surface area contributed by atoms with Crippen molar-refractivity contribution in [2.75, 3.05) is 20.8 Å². The summed E-state index contributed by atoms with van der Waals surface area (Å²) in [6, 6.07) is 5.30. The maximum absolute atomic E-state index is 11.9. The second kappa shape index (κ2) is 5.48. The molecule has 1 aromatic carbocycles. The molecule has 0 aliphatic carbocycles. The second-order valence-electron chi connectivity index (χ2n) is 4.58. The quantitative estimate of drug-likeness (QED) is 0.891. The summed E-state index contributed by atoms with van der Waals surface area (Å²) in [5, 5.41) is 0. The van der Waals surface area contributed by atoms with E-state index in [1.54, 1.807) is 19.1 Å². The van der Waals surface area contributed by atoms with Crippen LogP contribution in [0, 0.1) is 0 Å². The van der Waals surface area contributed by atoms with Gasteiger partial charge in [0.25, 0.3) is 0 Å². The number of benzene rings is 1. The minimum Gasteiger partial charge on any atom is -0.493 e. The zero-order chi connectivity index (χ0) is 14.0. The Kier molecular flexibility index (Phi) is 3.95. The molecule has 2 unspecified atom stereocenters. The van der Waals surface area contributed by atoms with Gasteiger partial charge in [0.15, 0.2) is 11.5 Å². The Balaban J connectivity index is 2.48. The highest BCUT2D eigenvalue weighted by molar-refractivity contribution is 5.80. The molecule has 1 aromatic rings. The van der Waals surface area contributed by atoms with Crippen molar-refractivity contribution in [1.29, 1.82) is 0 Å². The van der Waals surface area contributed by atoms with Gasteiger partial charge in [-0.15, -0.1) is 0 Å². The lowest BCUT2D eigenvalue weighted by molar-refractivity contribution is -0.128. The van der Waals surface area contributed by atoms with Crippen molar-refractivity contribution in [2.24, 2.45) is 5.73 Å². The Morgan fingerprint density at radius 2 is 2.11 bits per heavy atom. The number of ether oxygens (including phenoxy) is 2. The van der Waals surface area contributed by atoms with Crippen molar-refractivity contribution >= 4 is 5.91 Å². The van der Waals surface area contributed by atoms with Crippen LogP contribution in [-0.4, -0.2) is 37.6 Å². The van der Waals surface area contributed by atoms with Gasteiger partial charge in [0, 0.05) is 24.6 Å². The van der Waals surface area contributed by atoms with Crippen LogP contribution in [-0.2, 0) is 4.79 Å². The lowest BCUT2D eigenvalue weighted by Crippen LogP contribution is -2.33. The monoisotopic (exact) mass is 264 g/mol. The van der Waals surface area contributed by atoms with Crippen molar-refractivity contribution in [1.82, 2.24) is 4.90 Å². The van der Waals surface area contributed by atoms with E-state index < -0.39 is 0 Å². The normalized spacial score (nSPS) is 22.7. The van der Waals surface area contributed by atoms with Gasteiger partial charge in [-0.05, 0) is 13.0 Å². The molecular weight excluding hydrogens is 244 g/mol. The number of hydrogen-bond acceptors (Lipinski definition) is 4. The van der Waals surface area contributed by atoms with E-state index in [1.165, 1.54) is 0 Å². The van der Waals surface area contributed by atoms with Gasteiger partial charge in [0.1, 0.15) is 0 Å². The van der Waals surface area contributed by atoms with Gasteiger partial charge in [-0.1, -0.05) is 12.1 Å². The standard InChI is InChI=1S/C14H20N2O3/c1-4-16-12(17)8-10(15)13(16)9-6-5-7-11(18-2)14(9)19-3/h5-7,10,13H,4,8,15H2,1-3H3. The molecule has 0 bridgehead atoms. The summed E-state index contributed by atoms with van der Waals surface area (Å²) in [7, 11) is 3.19. The third kappa shape index (κ3) is 2.26. The van der Waals surface area contributed by atoms with Crippen LogP contribution in [0.4, 0.5) is 0 Å². The molecule has 0 saturated carbocycles. The number of likely N-dealkylation sites (N-methyl/N-ethyl adjacent to an activating group) is 1. The Morgan fingerprint density at radius 1 is 1.37 bits per heavy atom. The number of nitrogens with two attached hydrogens (primary N) is 1. The fraction of sp³-hybridized carbons (Fsp3) is 0.500. The molecule has 0 aromatic heterocycles.